The molecule has 2 aliphatic rings. The highest BCUT2D eigenvalue weighted by Crippen LogP contribution is 2.33. The van der Waals surface area contributed by atoms with E-state index in [1.54, 1.807) is 6.92 Å². The van der Waals surface area contributed by atoms with E-state index in [2.05, 4.69) is 55.1 Å². The fourth-order valence-electron chi connectivity index (χ4n) is 4.96. The van der Waals surface area contributed by atoms with Gasteiger partial charge in [0, 0.05) is 46.2 Å². The van der Waals surface area contributed by atoms with Gasteiger partial charge in [-0.1, -0.05) is 62.4 Å². The summed E-state index contributed by atoms with van der Waals surface area (Å²) in [5.74, 6) is 0.748. The molecule has 2 heterocycles. The van der Waals surface area contributed by atoms with Crippen molar-refractivity contribution in [2.75, 3.05) is 32.7 Å². The van der Waals surface area contributed by atoms with Gasteiger partial charge in [-0.15, -0.1) is 0 Å². The minimum atomic E-state index is -0.151. The Kier molecular flexibility index (Phi) is 6.95. The van der Waals surface area contributed by atoms with E-state index in [-0.39, 0.29) is 17.9 Å². The number of nitrogens with zero attached hydrogens (tertiary/aromatic N) is 3. The topological polar surface area (TPSA) is 43.9 Å². The molecular formula is C27H35N3O2. The molecule has 0 N–H and O–H groups in total. The normalized spacial score (nSPS) is 19.2. The first-order chi connectivity index (χ1) is 15.4. The zero-order valence-corrected chi connectivity index (χ0v) is 19.6. The van der Waals surface area contributed by atoms with E-state index in [1.807, 2.05) is 21.9 Å². The number of hydrogen-bond donors (Lipinski definition) is 0. The number of amides is 2. The van der Waals surface area contributed by atoms with Crippen LogP contribution in [-0.2, 0) is 22.6 Å². The standard InChI is InChI=1S/C27H35N3O2/c1-20(2)23-10-8-22(9-11-23)19-28-14-16-29(17-15-28)27(32)18-26-25-7-5-4-6-24(25)12-13-30(26)21(3)31/h4-11,20,26H,12-19H2,1-3H3. The van der Waals surface area contributed by atoms with Crippen molar-refractivity contribution in [3.63, 3.8) is 0 Å². The van der Waals surface area contributed by atoms with E-state index in [4.69, 9.17) is 0 Å². The lowest BCUT2D eigenvalue weighted by atomic mass is 9.90. The first kappa shape index (κ1) is 22.5. The Morgan fingerprint density at radius 2 is 1.62 bits per heavy atom. The van der Waals surface area contributed by atoms with E-state index in [0.29, 0.717) is 18.9 Å². The molecule has 1 fully saturated rings. The van der Waals surface area contributed by atoms with Gasteiger partial charge in [0.15, 0.2) is 0 Å². The molecule has 0 aromatic heterocycles. The fourth-order valence-corrected chi connectivity index (χ4v) is 4.96. The summed E-state index contributed by atoms with van der Waals surface area (Å²) in [6.45, 7) is 10.9. The molecule has 4 rings (SSSR count). The zero-order valence-electron chi connectivity index (χ0n) is 19.6. The van der Waals surface area contributed by atoms with Crippen molar-refractivity contribution in [2.45, 2.75) is 52.1 Å². The fraction of sp³-hybridized carbons (Fsp3) is 0.481. The molecule has 5 nitrogen and oxygen atoms in total. The number of piperazine rings is 1. The van der Waals surface area contributed by atoms with Crippen LogP contribution in [0.3, 0.4) is 0 Å². The van der Waals surface area contributed by atoms with Crippen molar-refractivity contribution in [3.05, 3.63) is 70.8 Å². The van der Waals surface area contributed by atoms with Gasteiger partial charge in [-0.3, -0.25) is 14.5 Å². The second-order valence-corrected chi connectivity index (χ2v) is 9.43. The molecule has 1 atom stereocenters. The molecule has 5 heteroatoms. The third-order valence-electron chi connectivity index (χ3n) is 6.96. The van der Waals surface area contributed by atoms with Crippen LogP contribution in [0.15, 0.2) is 48.5 Å². The molecule has 0 radical (unpaired) electrons. The van der Waals surface area contributed by atoms with Crippen LogP contribution in [-0.4, -0.2) is 59.2 Å². The van der Waals surface area contributed by atoms with Crippen molar-refractivity contribution >= 4 is 11.8 Å². The Morgan fingerprint density at radius 1 is 0.938 bits per heavy atom. The largest absolute Gasteiger partial charge is 0.340 e. The average Bonchev–Trinajstić information content (AvgIpc) is 2.80. The van der Waals surface area contributed by atoms with Crippen molar-refractivity contribution < 1.29 is 9.59 Å². The highest BCUT2D eigenvalue weighted by atomic mass is 16.2. The van der Waals surface area contributed by atoms with Gasteiger partial charge >= 0.3 is 0 Å². The molecule has 0 saturated carbocycles. The molecule has 2 aromatic rings. The Labute approximate surface area is 192 Å². The van der Waals surface area contributed by atoms with Gasteiger partial charge in [-0.25, -0.2) is 0 Å². The Balaban J connectivity index is 1.34. The Hall–Kier alpha value is -2.66. The smallest absolute Gasteiger partial charge is 0.225 e. The third-order valence-corrected chi connectivity index (χ3v) is 6.96. The first-order valence-electron chi connectivity index (χ1n) is 11.9. The van der Waals surface area contributed by atoms with E-state index in [1.165, 1.54) is 16.7 Å². The highest BCUT2D eigenvalue weighted by molar-refractivity contribution is 5.80. The van der Waals surface area contributed by atoms with Crippen LogP contribution in [0.5, 0.6) is 0 Å². The Bertz CT molecular complexity index is 946. The number of benzene rings is 2. The predicted octanol–water partition coefficient (Wildman–Crippen LogP) is 3.99. The van der Waals surface area contributed by atoms with Gasteiger partial charge in [0.1, 0.15) is 0 Å². The summed E-state index contributed by atoms with van der Waals surface area (Å²) in [4.78, 5) is 31.7. The molecule has 1 saturated heterocycles. The lowest BCUT2D eigenvalue weighted by Crippen LogP contribution is -2.49. The number of rotatable bonds is 5. The van der Waals surface area contributed by atoms with Gasteiger partial charge in [0.05, 0.1) is 12.5 Å². The number of fused-ring (bicyclic) bond motifs is 1. The molecule has 0 spiro atoms. The molecule has 32 heavy (non-hydrogen) atoms. The van der Waals surface area contributed by atoms with Crippen LogP contribution in [0.1, 0.15) is 61.4 Å². The van der Waals surface area contributed by atoms with Crippen molar-refractivity contribution in [1.29, 1.82) is 0 Å². The minimum absolute atomic E-state index is 0.0469. The van der Waals surface area contributed by atoms with Gasteiger partial charge in [-0.05, 0) is 34.6 Å². The van der Waals surface area contributed by atoms with E-state index in [0.717, 1.165) is 44.7 Å². The maximum Gasteiger partial charge on any atom is 0.225 e. The molecule has 1 unspecified atom stereocenters. The Morgan fingerprint density at radius 3 is 2.28 bits per heavy atom. The third kappa shape index (κ3) is 5.04. The summed E-state index contributed by atoms with van der Waals surface area (Å²) in [5, 5.41) is 0. The monoisotopic (exact) mass is 433 g/mol. The SMILES string of the molecule is CC(=O)N1CCc2ccccc2C1CC(=O)N1CCN(Cc2ccc(C(C)C)cc2)CC1. The average molecular weight is 434 g/mol. The molecule has 2 amide bonds. The van der Waals surface area contributed by atoms with Crippen LogP contribution < -0.4 is 0 Å². The van der Waals surface area contributed by atoms with Gasteiger partial charge in [0.2, 0.25) is 11.8 Å². The first-order valence-corrected chi connectivity index (χ1v) is 11.9. The molecule has 0 bridgehead atoms. The van der Waals surface area contributed by atoms with Crippen LogP contribution >= 0.6 is 0 Å². The molecular weight excluding hydrogens is 398 g/mol. The summed E-state index contributed by atoms with van der Waals surface area (Å²) < 4.78 is 0. The second kappa shape index (κ2) is 9.86. The maximum absolute atomic E-state index is 13.2. The second-order valence-electron chi connectivity index (χ2n) is 9.43. The summed E-state index contributed by atoms with van der Waals surface area (Å²) in [7, 11) is 0. The van der Waals surface area contributed by atoms with Crippen LogP contribution in [0.25, 0.3) is 0 Å². The van der Waals surface area contributed by atoms with Crippen molar-refractivity contribution in [3.8, 4) is 0 Å². The number of carbonyl (C=O) groups excluding carboxylic acids is 2. The van der Waals surface area contributed by atoms with Gasteiger partial charge in [-0.2, -0.15) is 0 Å². The van der Waals surface area contributed by atoms with E-state index < -0.39 is 0 Å². The minimum Gasteiger partial charge on any atom is -0.340 e. The molecule has 2 aliphatic heterocycles. The number of hydrogen-bond acceptors (Lipinski definition) is 3. The van der Waals surface area contributed by atoms with Gasteiger partial charge in [0.25, 0.3) is 0 Å². The molecule has 2 aromatic carbocycles. The van der Waals surface area contributed by atoms with E-state index in [9.17, 15) is 9.59 Å². The summed E-state index contributed by atoms with van der Waals surface area (Å²) >= 11 is 0. The quantitative estimate of drug-likeness (QED) is 0.716. The van der Waals surface area contributed by atoms with Gasteiger partial charge < -0.3 is 9.80 Å². The van der Waals surface area contributed by atoms with Crippen LogP contribution in [0, 0.1) is 0 Å². The summed E-state index contributed by atoms with van der Waals surface area (Å²) in [6.07, 6.45) is 1.23. The highest BCUT2D eigenvalue weighted by Gasteiger charge is 2.32. The lowest BCUT2D eigenvalue weighted by molar-refractivity contribution is -0.137. The summed E-state index contributed by atoms with van der Waals surface area (Å²) in [6, 6.07) is 17.0. The lowest BCUT2D eigenvalue weighted by Gasteiger charge is -2.39. The summed E-state index contributed by atoms with van der Waals surface area (Å²) in [5.41, 5.74) is 5.08. The number of carbonyl (C=O) groups is 2. The van der Waals surface area contributed by atoms with E-state index >= 15 is 0 Å². The maximum atomic E-state index is 13.2. The molecule has 170 valence electrons. The van der Waals surface area contributed by atoms with Crippen molar-refractivity contribution in [2.24, 2.45) is 0 Å². The molecule has 0 aliphatic carbocycles. The van der Waals surface area contributed by atoms with Crippen molar-refractivity contribution in [1.82, 2.24) is 14.7 Å². The predicted molar refractivity (Wildman–Crippen MR) is 127 cm³/mol. The van der Waals surface area contributed by atoms with Crippen LogP contribution in [0.4, 0.5) is 0 Å². The van der Waals surface area contributed by atoms with Crippen LogP contribution in [0.2, 0.25) is 0 Å². The zero-order chi connectivity index (χ0) is 22.7.